The Labute approximate surface area is 161 Å². The molecular formula is C21H19ClO3S. The second-order valence-electron chi connectivity index (χ2n) is 6.07. The minimum atomic E-state index is -0.0237. The van der Waals surface area contributed by atoms with Crippen molar-refractivity contribution in [2.24, 2.45) is 0 Å². The molecule has 0 radical (unpaired) electrons. The summed E-state index contributed by atoms with van der Waals surface area (Å²) in [6.45, 7) is 6.19. The molecule has 0 fully saturated rings. The molecule has 0 saturated carbocycles. The van der Waals surface area contributed by atoms with Crippen LogP contribution >= 0.6 is 22.9 Å². The van der Waals surface area contributed by atoms with Crippen molar-refractivity contribution < 1.29 is 13.9 Å². The van der Waals surface area contributed by atoms with Crippen LogP contribution in [0.4, 0.5) is 0 Å². The highest BCUT2D eigenvalue weighted by Crippen LogP contribution is 2.26. The second kappa shape index (κ2) is 7.94. The van der Waals surface area contributed by atoms with Gasteiger partial charge in [0, 0.05) is 9.90 Å². The van der Waals surface area contributed by atoms with Crippen LogP contribution in [0.2, 0.25) is 5.02 Å². The molecule has 0 unspecified atom stereocenters. The highest BCUT2D eigenvalue weighted by atomic mass is 35.5. The summed E-state index contributed by atoms with van der Waals surface area (Å²) in [5.41, 5.74) is 1.96. The third-order valence-electron chi connectivity index (χ3n) is 3.86. The standard InChI is InChI=1S/C21H19ClO3S/c1-13-10-18(11-14(2)21(13)22)24-12-17-6-5-16(25-17)7-8-19(23)20-9-4-15(3)26-20/h4-11H,12H2,1-3H3/b8-7+. The summed E-state index contributed by atoms with van der Waals surface area (Å²) in [6.07, 6.45) is 3.21. The van der Waals surface area contributed by atoms with E-state index in [0.29, 0.717) is 18.1 Å². The van der Waals surface area contributed by atoms with Gasteiger partial charge in [0.05, 0.1) is 4.88 Å². The molecule has 0 saturated heterocycles. The van der Waals surface area contributed by atoms with Crippen molar-refractivity contribution in [1.29, 1.82) is 0 Å². The Morgan fingerprint density at radius 2 is 1.88 bits per heavy atom. The molecule has 3 nitrogen and oxygen atoms in total. The molecule has 0 amide bonds. The van der Waals surface area contributed by atoms with Crippen LogP contribution < -0.4 is 4.74 Å². The summed E-state index contributed by atoms with van der Waals surface area (Å²) in [4.78, 5) is 13.9. The number of carbonyl (C=O) groups is 1. The lowest BCUT2D eigenvalue weighted by Gasteiger charge is -2.08. The van der Waals surface area contributed by atoms with E-state index in [0.717, 1.165) is 31.7 Å². The van der Waals surface area contributed by atoms with Crippen LogP contribution in [0.3, 0.4) is 0 Å². The number of carbonyl (C=O) groups excluding carboxylic acids is 1. The fourth-order valence-electron chi connectivity index (χ4n) is 2.51. The second-order valence-corrected chi connectivity index (χ2v) is 7.74. The van der Waals surface area contributed by atoms with Crippen molar-refractivity contribution in [2.75, 3.05) is 0 Å². The Morgan fingerprint density at radius 1 is 1.15 bits per heavy atom. The molecule has 26 heavy (non-hydrogen) atoms. The highest BCUT2D eigenvalue weighted by molar-refractivity contribution is 7.14. The third-order valence-corrected chi connectivity index (χ3v) is 5.47. The van der Waals surface area contributed by atoms with E-state index in [4.69, 9.17) is 20.8 Å². The molecule has 0 bridgehead atoms. The molecule has 0 aliphatic carbocycles. The highest BCUT2D eigenvalue weighted by Gasteiger charge is 2.07. The quantitative estimate of drug-likeness (QED) is 0.363. The number of allylic oxidation sites excluding steroid dienone is 1. The number of rotatable bonds is 6. The lowest BCUT2D eigenvalue weighted by molar-refractivity contribution is 0.105. The van der Waals surface area contributed by atoms with Gasteiger partial charge in [0.2, 0.25) is 0 Å². The Morgan fingerprint density at radius 3 is 2.54 bits per heavy atom. The first kappa shape index (κ1) is 18.5. The van der Waals surface area contributed by atoms with Gasteiger partial charge in [-0.2, -0.15) is 0 Å². The molecule has 134 valence electrons. The number of aryl methyl sites for hydroxylation is 3. The summed E-state index contributed by atoms with van der Waals surface area (Å²) >= 11 is 7.65. The number of hydrogen-bond acceptors (Lipinski definition) is 4. The fourth-order valence-corrected chi connectivity index (χ4v) is 3.41. The molecule has 0 spiro atoms. The number of furan rings is 1. The average molecular weight is 387 g/mol. The Kier molecular flexibility index (Phi) is 5.64. The van der Waals surface area contributed by atoms with Gasteiger partial charge in [0.1, 0.15) is 23.9 Å². The maximum absolute atomic E-state index is 12.1. The van der Waals surface area contributed by atoms with Gasteiger partial charge in [0.15, 0.2) is 5.78 Å². The summed E-state index contributed by atoms with van der Waals surface area (Å²) in [5.74, 6) is 2.04. The number of ether oxygens (including phenoxy) is 1. The Bertz CT molecular complexity index is 942. The molecular weight excluding hydrogens is 368 g/mol. The van der Waals surface area contributed by atoms with Gasteiger partial charge in [-0.05, 0) is 80.4 Å². The lowest BCUT2D eigenvalue weighted by atomic mass is 10.1. The predicted molar refractivity (Wildman–Crippen MR) is 106 cm³/mol. The van der Waals surface area contributed by atoms with Crippen LogP contribution in [-0.4, -0.2) is 5.78 Å². The minimum absolute atomic E-state index is 0.0237. The van der Waals surface area contributed by atoms with Gasteiger partial charge in [-0.15, -0.1) is 11.3 Å². The van der Waals surface area contributed by atoms with Gasteiger partial charge in [0.25, 0.3) is 0 Å². The monoisotopic (exact) mass is 386 g/mol. The number of benzene rings is 1. The van der Waals surface area contributed by atoms with Gasteiger partial charge in [-0.3, -0.25) is 4.79 Å². The van der Waals surface area contributed by atoms with Crippen molar-refractivity contribution in [2.45, 2.75) is 27.4 Å². The first-order chi connectivity index (χ1) is 12.4. The van der Waals surface area contributed by atoms with E-state index in [1.165, 1.54) is 17.4 Å². The van der Waals surface area contributed by atoms with Gasteiger partial charge >= 0.3 is 0 Å². The number of halogens is 1. The lowest BCUT2D eigenvalue weighted by Crippen LogP contribution is -1.95. The third kappa shape index (κ3) is 4.45. The van der Waals surface area contributed by atoms with Crippen LogP contribution in [0.5, 0.6) is 5.75 Å². The Balaban J connectivity index is 1.61. The molecule has 5 heteroatoms. The molecule has 1 aromatic carbocycles. The van der Waals surface area contributed by atoms with Gasteiger partial charge in [-0.1, -0.05) is 11.6 Å². The summed E-state index contributed by atoms with van der Waals surface area (Å²) in [5, 5.41) is 0.758. The van der Waals surface area contributed by atoms with E-state index in [2.05, 4.69) is 0 Å². The molecule has 2 heterocycles. The largest absolute Gasteiger partial charge is 0.486 e. The van der Waals surface area contributed by atoms with Gasteiger partial charge in [-0.25, -0.2) is 0 Å². The summed E-state index contributed by atoms with van der Waals surface area (Å²) in [7, 11) is 0. The SMILES string of the molecule is Cc1ccc(C(=O)/C=C/c2ccc(COc3cc(C)c(Cl)c(C)c3)o2)s1. The number of ketones is 1. The van der Waals surface area contributed by atoms with Crippen LogP contribution in [-0.2, 0) is 6.61 Å². The zero-order valence-electron chi connectivity index (χ0n) is 14.8. The van der Waals surface area contributed by atoms with Crippen molar-refractivity contribution in [3.05, 3.63) is 79.9 Å². The maximum Gasteiger partial charge on any atom is 0.195 e. The molecule has 3 rings (SSSR count). The minimum Gasteiger partial charge on any atom is -0.486 e. The molecule has 3 aromatic rings. The average Bonchev–Trinajstić information content (AvgIpc) is 3.24. The first-order valence-corrected chi connectivity index (χ1v) is 9.39. The van der Waals surface area contributed by atoms with Crippen molar-refractivity contribution >= 4 is 34.8 Å². The van der Waals surface area contributed by atoms with E-state index in [1.807, 2.05) is 57.2 Å². The molecule has 0 aliphatic heterocycles. The number of thiophene rings is 1. The van der Waals surface area contributed by atoms with Crippen LogP contribution in [0.15, 0.2) is 46.9 Å². The molecule has 0 N–H and O–H groups in total. The fraction of sp³-hybridized carbons (Fsp3) is 0.190. The van der Waals surface area contributed by atoms with E-state index < -0.39 is 0 Å². The normalized spacial score (nSPS) is 11.2. The van der Waals surface area contributed by atoms with Crippen LogP contribution in [0.1, 0.15) is 37.2 Å². The molecule has 0 aliphatic rings. The van der Waals surface area contributed by atoms with E-state index in [-0.39, 0.29) is 5.78 Å². The predicted octanol–water partition coefficient (Wildman–Crippen LogP) is 6.39. The zero-order chi connectivity index (χ0) is 18.7. The maximum atomic E-state index is 12.1. The van der Waals surface area contributed by atoms with Crippen LogP contribution in [0, 0.1) is 20.8 Å². The van der Waals surface area contributed by atoms with Crippen LogP contribution in [0.25, 0.3) is 6.08 Å². The zero-order valence-corrected chi connectivity index (χ0v) is 16.4. The molecule has 0 atom stereocenters. The van der Waals surface area contributed by atoms with E-state index in [1.54, 1.807) is 6.08 Å². The van der Waals surface area contributed by atoms with Crippen molar-refractivity contribution in [1.82, 2.24) is 0 Å². The summed E-state index contributed by atoms with van der Waals surface area (Å²) < 4.78 is 11.5. The smallest absolute Gasteiger partial charge is 0.195 e. The topological polar surface area (TPSA) is 39.4 Å². The van der Waals surface area contributed by atoms with Crippen molar-refractivity contribution in [3.8, 4) is 5.75 Å². The Hall–Kier alpha value is -2.30. The number of hydrogen-bond donors (Lipinski definition) is 0. The molecule has 2 aromatic heterocycles. The van der Waals surface area contributed by atoms with E-state index in [9.17, 15) is 4.79 Å². The summed E-state index contributed by atoms with van der Waals surface area (Å²) in [6, 6.07) is 11.2. The van der Waals surface area contributed by atoms with Gasteiger partial charge < -0.3 is 9.15 Å². The van der Waals surface area contributed by atoms with Crippen molar-refractivity contribution in [3.63, 3.8) is 0 Å². The first-order valence-electron chi connectivity index (χ1n) is 8.19. The van der Waals surface area contributed by atoms with E-state index >= 15 is 0 Å².